The Hall–Kier alpha value is -0.920. The Labute approximate surface area is 127 Å². The average molecular weight is 361 g/mol. The van der Waals surface area contributed by atoms with E-state index in [1.54, 1.807) is 0 Å². The first-order valence-corrected chi connectivity index (χ1v) is 8.97. The molecule has 0 aromatic heterocycles. The van der Waals surface area contributed by atoms with Crippen molar-refractivity contribution >= 4 is 37.4 Å². The quantitative estimate of drug-likeness (QED) is 0.852. The van der Waals surface area contributed by atoms with Crippen molar-refractivity contribution in [2.45, 2.75) is 19.4 Å². The highest BCUT2D eigenvalue weighted by Gasteiger charge is 2.27. The number of anilines is 1. The number of amides is 1. The summed E-state index contributed by atoms with van der Waals surface area (Å²) >= 11 is 3.39. The minimum atomic E-state index is -2.92. The summed E-state index contributed by atoms with van der Waals surface area (Å²) in [5, 5.41) is 5.77. The minimum Gasteiger partial charge on any atom is -0.324 e. The molecule has 0 aliphatic carbocycles. The average Bonchev–Trinajstić information content (AvgIpc) is 2.70. The number of hydrogen-bond acceptors (Lipinski definition) is 4. The third kappa shape index (κ3) is 4.29. The van der Waals surface area contributed by atoms with Gasteiger partial charge in [0.05, 0.1) is 23.7 Å². The van der Waals surface area contributed by atoms with Gasteiger partial charge < -0.3 is 10.6 Å². The van der Waals surface area contributed by atoms with Crippen LogP contribution >= 0.6 is 15.9 Å². The van der Waals surface area contributed by atoms with Crippen LogP contribution in [0, 0.1) is 6.92 Å². The van der Waals surface area contributed by atoms with Crippen molar-refractivity contribution in [3.63, 3.8) is 0 Å². The fourth-order valence-corrected chi connectivity index (χ4v) is 4.41. The maximum absolute atomic E-state index is 11.8. The molecule has 1 atom stereocenters. The van der Waals surface area contributed by atoms with Crippen LogP contribution in [-0.4, -0.2) is 38.4 Å². The lowest BCUT2D eigenvalue weighted by atomic mass is 10.2. The highest BCUT2D eigenvalue weighted by molar-refractivity contribution is 9.10. The van der Waals surface area contributed by atoms with Crippen molar-refractivity contribution in [1.82, 2.24) is 5.32 Å². The van der Waals surface area contributed by atoms with Crippen molar-refractivity contribution in [3.05, 3.63) is 28.2 Å². The predicted molar refractivity (Wildman–Crippen MR) is 82.6 cm³/mol. The van der Waals surface area contributed by atoms with Crippen LogP contribution in [-0.2, 0) is 14.6 Å². The van der Waals surface area contributed by atoms with E-state index in [0.29, 0.717) is 12.1 Å². The Bertz CT molecular complexity index is 616. The van der Waals surface area contributed by atoms with Crippen LogP contribution in [0.3, 0.4) is 0 Å². The lowest BCUT2D eigenvalue weighted by Crippen LogP contribution is -2.36. The molecule has 20 heavy (non-hydrogen) atoms. The van der Waals surface area contributed by atoms with Crippen LogP contribution in [0.2, 0.25) is 0 Å². The van der Waals surface area contributed by atoms with Gasteiger partial charge >= 0.3 is 0 Å². The van der Waals surface area contributed by atoms with Crippen molar-refractivity contribution in [2.75, 3.05) is 23.4 Å². The largest absolute Gasteiger partial charge is 0.324 e. The fraction of sp³-hybridized carbons (Fsp3) is 0.462. The van der Waals surface area contributed by atoms with Crippen molar-refractivity contribution in [3.8, 4) is 0 Å². The molecule has 0 radical (unpaired) electrons. The monoisotopic (exact) mass is 360 g/mol. The molecule has 0 bridgehead atoms. The lowest BCUT2D eigenvalue weighted by molar-refractivity contribution is -0.115. The number of sulfone groups is 1. The van der Waals surface area contributed by atoms with E-state index in [-0.39, 0.29) is 30.0 Å². The van der Waals surface area contributed by atoms with Crippen molar-refractivity contribution in [1.29, 1.82) is 0 Å². The smallest absolute Gasteiger partial charge is 0.238 e. The standard InChI is InChI=1S/C13H17BrN2O3S/c1-9-2-3-12(11(14)6-9)16-13(17)7-15-10-4-5-20(18,19)8-10/h2-3,6,10,15H,4-5,7-8H2,1H3,(H,16,17). The van der Waals surface area contributed by atoms with Gasteiger partial charge in [-0.05, 0) is 47.0 Å². The van der Waals surface area contributed by atoms with E-state index in [1.165, 1.54) is 0 Å². The van der Waals surface area contributed by atoms with Gasteiger partial charge in [0.2, 0.25) is 5.91 Å². The van der Waals surface area contributed by atoms with Crippen LogP contribution in [0.5, 0.6) is 0 Å². The van der Waals surface area contributed by atoms with Gasteiger partial charge in [-0.3, -0.25) is 4.79 Å². The second kappa shape index (κ2) is 6.24. The van der Waals surface area contributed by atoms with Crippen LogP contribution < -0.4 is 10.6 Å². The first-order chi connectivity index (χ1) is 9.35. The summed E-state index contributed by atoms with van der Waals surface area (Å²) in [6.07, 6.45) is 0.573. The zero-order chi connectivity index (χ0) is 14.8. The van der Waals surface area contributed by atoms with Crippen LogP contribution in [0.4, 0.5) is 5.69 Å². The van der Waals surface area contributed by atoms with E-state index in [0.717, 1.165) is 10.0 Å². The molecule has 1 amide bonds. The highest BCUT2D eigenvalue weighted by Crippen LogP contribution is 2.23. The van der Waals surface area contributed by atoms with Crippen molar-refractivity contribution in [2.24, 2.45) is 0 Å². The molecule has 1 saturated heterocycles. The van der Waals surface area contributed by atoms with Crippen LogP contribution in [0.15, 0.2) is 22.7 Å². The van der Waals surface area contributed by atoms with E-state index < -0.39 is 9.84 Å². The molecule has 2 rings (SSSR count). The van der Waals surface area contributed by atoms with E-state index in [2.05, 4.69) is 26.6 Å². The Morgan fingerprint density at radius 2 is 2.20 bits per heavy atom. The molecule has 7 heteroatoms. The molecule has 1 aliphatic rings. The summed E-state index contributed by atoms with van der Waals surface area (Å²) in [5.41, 5.74) is 1.81. The molecular weight excluding hydrogens is 344 g/mol. The normalized spacial score (nSPS) is 20.8. The molecular formula is C13H17BrN2O3S. The van der Waals surface area contributed by atoms with Crippen molar-refractivity contribution < 1.29 is 13.2 Å². The summed E-state index contributed by atoms with van der Waals surface area (Å²) in [5.74, 6) is 0.142. The summed E-state index contributed by atoms with van der Waals surface area (Å²) in [4.78, 5) is 11.8. The zero-order valence-electron chi connectivity index (χ0n) is 11.1. The molecule has 1 aromatic rings. The Morgan fingerprint density at radius 3 is 2.80 bits per heavy atom. The second-order valence-corrected chi connectivity index (χ2v) is 8.10. The summed E-state index contributed by atoms with van der Waals surface area (Å²) in [6.45, 7) is 2.08. The molecule has 1 aromatic carbocycles. The number of nitrogens with one attached hydrogen (secondary N) is 2. The van der Waals surface area contributed by atoms with Crippen LogP contribution in [0.25, 0.3) is 0 Å². The highest BCUT2D eigenvalue weighted by atomic mass is 79.9. The number of carbonyl (C=O) groups excluding carboxylic acids is 1. The van der Waals surface area contributed by atoms with Gasteiger partial charge in [0, 0.05) is 10.5 Å². The van der Waals surface area contributed by atoms with Gasteiger partial charge in [-0.15, -0.1) is 0 Å². The molecule has 1 aliphatic heterocycles. The summed E-state index contributed by atoms with van der Waals surface area (Å²) in [7, 11) is -2.92. The molecule has 0 spiro atoms. The Kier molecular flexibility index (Phi) is 4.82. The van der Waals surface area contributed by atoms with Crippen LogP contribution in [0.1, 0.15) is 12.0 Å². The first-order valence-electron chi connectivity index (χ1n) is 6.35. The maximum Gasteiger partial charge on any atom is 0.238 e. The first kappa shape index (κ1) is 15.5. The summed E-state index contributed by atoms with van der Waals surface area (Å²) < 4.78 is 23.4. The molecule has 0 saturated carbocycles. The summed E-state index contributed by atoms with van der Waals surface area (Å²) in [6, 6.07) is 5.55. The number of aryl methyl sites for hydroxylation is 1. The van der Waals surface area contributed by atoms with E-state index in [1.807, 2.05) is 25.1 Å². The Morgan fingerprint density at radius 1 is 1.45 bits per heavy atom. The predicted octanol–water partition coefficient (Wildman–Crippen LogP) is 1.47. The van der Waals surface area contributed by atoms with Gasteiger partial charge in [-0.2, -0.15) is 0 Å². The van der Waals surface area contributed by atoms with E-state index in [9.17, 15) is 13.2 Å². The van der Waals surface area contributed by atoms with Gasteiger partial charge in [0.25, 0.3) is 0 Å². The second-order valence-electron chi connectivity index (χ2n) is 5.01. The zero-order valence-corrected chi connectivity index (χ0v) is 13.6. The maximum atomic E-state index is 11.8. The number of rotatable bonds is 4. The SMILES string of the molecule is Cc1ccc(NC(=O)CNC2CCS(=O)(=O)C2)c(Br)c1. The number of halogens is 1. The molecule has 1 unspecified atom stereocenters. The van der Waals surface area contributed by atoms with Gasteiger partial charge in [0.15, 0.2) is 9.84 Å². The third-order valence-corrected chi connectivity index (χ3v) is 5.61. The fourth-order valence-electron chi connectivity index (χ4n) is 2.11. The molecule has 1 heterocycles. The van der Waals surface area contributed by atoms with E-state index >= 15 is 0 Å². The molecule has 2 N–H and O–H groups in total. The Balaban J connectivity index is 1.84. The van der Waals surface area contributed by atoms with Gasteiger partial charge in [0.1, 0.15) is 0 Å². The number of benzene rings is 1. The third-order valence-electron chi connectivity index (χ3n) is 3.18. The molecule has 1 fully saturated rings. The topological polar surface area (TPSA) is 75.3 Å². The minimum absolute atomic E-state index is 0.112. The van der Waals surface area contributed by atoms with Gasteiger partial charge in [-0.25, -0.2) is 8.42 Å². The molecule has 5 nitrogen and oxygen atoms in total. The number of carbonyl (C=O) groups is 1. The molecule has 110 valence electrons. The van der Waals surface area contributed by atoms with E-state index in [4.69, 9.17) is 0 Å². The lowest BCUT2D eigenvalue weighted by Gasteiger charge is -2.12. The number of hydrogen-bond donors (Lipinski definition) is 2. The van der Waals surface area contributed by atoms with Gasteiger partial charge in [-0.1, -0.05) is 6.07 Å².